The number of hydrogen-bond acceptors (Lipinski definition) is 7. The van der Waals surface area contributed by atoms with Gasteiger partial charge in [-0.2, -0.15) is 5.10 Å². The molecule has 0 spiro atoms. The zero-order valence-corrected chi connectivity index (χ0v) is 24.6. The number of nitrogens with one attached hydrogen (secondary N) is 1. The standard InChI is InChI=1S/C29H37N7O3Si/c1-19(21-12-27(37)31-14-21)39-29-28-26(32-17-36(28)23-5-6-23)13-25(34-29)20-7-8-30-24(11-20)22-15-33-35(16-22)18-38-9-10-40(2,3)4/h7-8,11,13,15-17,19,21,23H,5-6,9-10,12,14,18H2,1-4H3,(H,31,37)/t19-,21?/m1/s1. The molecule has 2 atom stereocenters. The quantitative estimate of drug-likeness (QED) is 0.205. The zero-order valence-electron chi connectivity index (χ0n) is 23.6. The number of imidazole rings is 1. The summed E-state index contributed by atoms with van der Waals surface area (Å²) in [6, 6.07) is 7.55. The van der Waals surface area contributed by atoms with E-state index >= 15 is 0 Å². The summed E-state index contributed by atoms with van der Waals surface area (Å²) < 4.78 is 16.3. The van der Waals surface area contributed by atoms with Crippen LogP contribution in [0.2, 0.25) is 25.7 Å². The summed E-state index contributed by atoms with van der Waals surface area (Å²) in [5.74, 6) is 0.736. The Morgan fingerprint density at radius 3 is 2.75 bits per heavy atom. The number of nitrogens with zero attached hydrogens (tertiary/aromatic N) is 6. The van der Waals surface area contributed by atoms with E-state index in [-0.39, 0.29) is 17.9 Å². The predicted octanol–water partition coefficient (Wildman–Crippen LogP) is 4.91. The normalized spacial score (nSPS) is 18.3. The summed E-state index contributed by atoms with van der Waals surface area (Å²) >= 11 is 0. The van der Waals surface area contributed by atoms with E-state index in [1.54, 1.807) is 10.9 Å². The number of pyridine rings is 2. The molecule has 4 aromatic heterocycles. The molecule has 1 saturated heterocycles. The molecule has 10 nitrogen and oxygen atoms in total. The van der Waals surface area contributed by atoms with Crippen LogP contribution in [0.4, 0.5) is 0 Å². The first-order valence-corrected chi connectivity index (χ1v) is 17.8. The maximum absolute atomic E-state index is 11.8. The van der Waals surface area contributed by atoms with Gasteiger partial charge in [-0.3, -0.25) is 9.78 Å². The van der Waals surface area contributed by atoms with E-state index in [2.05, 4.69) is 39.6 Å². The third-order valence-electron chi connectivity index (χ3n) is 7.64. The third-order valence-corrected chi connectivity index (χ3v) is 9.34. The lowest BCUT2D eigenvalue weighted by molar-refractivity contribution is -0.119. The van der Waals surface area contributed by atoms with Gasteiger partial charge in [0.2, 0.25) is 11.8 Å². The van der Waals surface area contributed by atoms with Crippen LogP contribution in [0, 0.1) is 5.92 Å². The lowest BCUT2D eigenvalue weighted by atomic mass is 10.0. The van der Waals surface area contributed by atoms with Gasteiger partial charge in [0.15, 0.2) is 0 Å². The van der Waals surface area contributed by atoms with Gasteiger partial charge in [0, 0.05) is 63.1 Å². The summed E-state index contributed by atoms with van der Waals surface area (Å²) in [6.07, 6.45) is 10.0. The molecule has 5 heterocycles. The van der Waals surface area contributed by atoms with Crippen LogP contribution in [0.25, 0.3) is 33.5 Å². The molecular weight excluding hydrogens is 522 g/mol. The Balaban J connectivity index is 1.26. The molecule has 2 aliphatic rings. The summed E-state index contributed by atoms with van der Waals surface area (Å²) in [5.41, 5.74) is 5.17. The summed E-state index contributed by atoms with van der Waals surface area (Å²) in [6.45, 7) is 10.8. The van der Waals surface area contributed by atoms with Crippen molar-refractivity contribution >= 4 is 25.0 Å². The molecule has 4 aromatic rings. The van der Waals surface area contributed by atoms with Gasteiger partial charge in [-0.1, -0.05) is 19.6 Å². The minimum atomic E-state index is -1.12. The SMILES string of the molecule is C[C@@H](Oc1nc(-c2ccnc(-c3cnn(COCC[Si](C)(C)C)c3)c2)cc2ncn(C3CC3)c12)C1CNC(=O)C1. The summed E-state index contributed by atoms with van der Waals surface area (Å²) in [4.78, 5) is 26.1. The number of ether oxygens (including phenoxy) is 2. The highest BCUT2D eigenvalue weighted by Crippen LogP contribution is 2.40. The lowest BCUT2D eigenvalue weighted by Crippen LogP contribution is -2.26. The van der Waals surface area contributed by atoms with Gasteiger partial charge in [-0.05, 0) is 44.0 Å². The van der Waals surface area contributed by atoms with Crippen LogP contribution in [-0.2, 0) is 16.3 Å². The molecule has 0 aromatic carbocycles. The van der Waals surface area contributed by atoms with E-state index in [0.717, 1.165) is 59.0 Å². The Morgan fingerprint density at radius 2 is 2.00 bits per heavy atom. The topological polar surface area (TPSA) is 109 Å². The molecule has 1 aliphatic carbocycles. The monoisotopic (exact) mass is 559 g/mol. The van der Waals surface area contributed by atoms with Crippen molar-refractivity contribution in [1.82, 2.24) is 34.6 Å². The highest BCUT2D eigenvalue weighted by atomic mass is 28.3. The second-order valence-electron chi connectivity index (χ2n) is 12.2. The predicted molar refractivity (Wildman–Crippen MR) is 156 cm³/mol. The van der Waals surface area contributed by atoms with Crippen molar-refractivity contribution in [1.29, 1.82) is 0 Å². The van der Waals surface area contributed by atoms with Crippen LogP contribution in [-0.4, -0.2) is 62.5 Å². The van der Waals surface area contributed by atoms with Crippen molar-refractivity contribution in [3.05, 3.63) is 43.1 Å². The smallest absolute Gasteiger partial charge is 0.241 e. The van der Waals surface area contributed by atoms with Crippen LogP contribution >= 0.6 is 0 Å². The number of carbonyl (C=O) groups is 1. The first kappa shape index (κ1) is 26.6. The maximum Gasteiger partial charge on any atom is 0.241 e. The van der Waals surface area contributed by atoms with Gasteiger partial charge in [0.25, 0.3) is 0 Å². The van der Waals surface area contributed by atoms with E-state index in [4.69, 9.17) is 19.4 Å². The molecule has 1 amide bonds. The van der Waals surface area contributed by atoms with Crippen molar-refractivity contribution in [2.75, 3.05) is 13.2 Å². The molecule has 1 saturated carbocycles. The molecule has 2 fully saturated rings. The first-order chi connectivity index (χ1) is 19.2. The van der Waals surface area contributed by atoms with Gasteiger partial charge in [0.05, 0.1) is 29.4 Å². The number of rotatable bonds is 11. The van der Waals surface area contributed by atoms with E-state index in [9.17, 15) is 4.79 Å². The van der Waals surface area contributed by atoms with Crippen molar-refractivity contribution < 1.29 is 14.3 Å². The molecule has 1 unspecified atom stereocenters. The summed E-state index contributed by atoms with van der Waals surface area (Å²) in [5, 5.41) is 7.38. The number of carbonyl (C=O) groups excluding carboxylic acids is 1. The van der Waals surface area contributed by atoms with E-state index < -0.39 is 8.07 Å². The van der Waals surface area contributed by atoms with Crippen LogP contribution in [0.1, 0.15) is 32.2 Å². The van der Waals surface area contributed by atoms with Gasteiger partial charge < -0.3 is 19.4 Å². The van der Waals surface area contributed by atoms with Crippen molar-refractivity contribution in [2.45, 2.75) is 70.7 Å². The molecule has 1 aliphatic heterocycles. The Hall–Kier alpha value is -3.57. The number of hydrogen-bond donors (Lipinski definition) is 1. The van der Waals surface area contributed by atoms with Gasteiger partial charge in [-0.15, -0.1) is 0 Å². The van der Waals surface area contributed by atoms with Gasteiger partial charge in [-0.25, -0.2) is 14.6 Å². The highest BCUT2D eigenvalue weighted by Gasteiger charge is 2.31. The Morgan fingerprint density at radius 1 is 1.15 bits per heavy atom. The minimum absolute atomic E-state index is 0.0705. The van der Waals surface area contributed by atoms with Crippen LogP contribution < -0.4 is 10.1 Å². The average Bonchev–Trinajstić information content (AvgIpc) is 3.29. The number of aromatic nitrogens is 6. The molecule has 210 valence electrons. The Labute approximate surface area is 235 Å². The Bertz CT molecular complexity index is 1520. The highest BCUT2D eigenvalue weighted by molar-refractivity contribution is 6.76. The van der Waals surface area contributed by atoms with Gasteiger partial charge >= 0.3 is 0 Å². The van der Waals surface area contributed by atoms with Crippen LogP contribution in [0.15, 0.2) is 43.1 Å². The minimum Gasteiger partial charge on any atom is -0.473 e. The molecule has 40 heavy (non-hydrogen) atoms. The second-order valence-corrected chi connectivity index (χ2v) is 17.8. The van der Waals surface area contributed by atoms with Gasteiger partial charge in [0.1, 0.15) is 18.4 Å². The lowest BCUT2D eigenvalue weighted by Gasteiger charge is -2.20. The van der Waals surface area contributed by atoms with E-state index in [1.165, 1.54) is 0 Å². The average molecular weight is 560 g/mol. The van der Waals surface area contributed by atoms with Crippen molar-refractivity contribution in [2.24, 2.45) is 5.92 Å². The third kappa shape index (κ3) is 5.95. The molecular formula is C29H37N7O3Si. The Kier molecular flexibility index (Phi) is 7.18. The van der Waals surface area contributed by atoms with E-state index in [0.29, 0.717) is 31.6 Å². The fourth-order valence-electron chi connectivity index (χ4n) is 4.97. The van der Waals surface area contributed by atoms with E-state index in [1.807, 2.05) is 43.8 Å². The van der Waals surface area contributed by atoms with Crippen LogP contribution in [0.3, 0.4) is 0 Å². The zero-order chi connectivity index (χ0) is 27.9. The van der Waals surface area contributed by atoms with Crippen LogP contribution in [0.5, 0.6) is 5.88 Å². The molecule has 0 radical (unpaired) electrons. The summed E-state index contributed by atoms with van der Waals surface area (Å²) in [7, 11) is -1.12. The van der Waals surface area contributed by atoms with Crippen molar-refractivity contribution in [3.8, 4) is 28.4 Å². The largest absolute Gasteiger partial charge is 0.473 e. The second kappa shape index (κ2) is 10.8. The molecule has 6 rings (SSSR count). The molecule has 0 bridgehead atoms. The fraction of sp³-hybridized carbons (Fsp3) is 0.483. The number of fused-ring (bicyclic) bond motifs is 1. The first-order valence-electron chi connectivity index (χ1n) is 14.1. The molecule has 11 heteroatoms. The molecule has 1 N–H and O–H groups in total. The fourth-order valence-corrected chi connectivity index (χ4v) is 5.72. The number of amides is 1. The maximum atomic E-state index is 11.8. The van der Waals surface area contributed by atoms with Crippen molar-refractivity contribution in [3.63, 3.8) is 0 Å².